The van der Waals surface area contributed by atoms with Gasteiger partial charge in [0.15, 0.2) is 0 Å². The minimum Gasteiger partial charge on any atom is -0.506 e. The summed E-state index contributed by atoms with van der Waals surface area (Å²) < 4.78 is 29.7. The summed E-state index contributed by atoms with van der Waals surface area (Å²) in [4.78, 5) is 26.1. The number of phenolic OH excluding ortho intramolecular Hbond substituents is 1. The monoisotopic (exact) mass is 616 g/mol. The summed E-state index contributed by atoms with van der Waals surface area (Å²) >= 11 is 6.40. The molecule has 43 heavy (non-hydrogen) atoms. The molecule has 5 aromatic rings. The zero-order valence-corrected chi connectivity index (χ0v) is 24.9. The van der Waals surface area contributed by atoms with Gasteiger partial charge in [-0.25, -0.2) is 13.1 Å². The van der Waals surface area contributed by atoms with E-state index in [0.717, 1.165) is 22.2 Å². The van der Waals surface area contributed by atoms with Gasteiger partial charge in [-0.15, -0.1) is 0 Å². The highest BCUT2D eigenvalue weighted by Gasteiger charge is 2.21. The Balaban J connectivity index is 1.27. The maximum Gasteiger partial charge on any atom is 0.257 e. The molecule has 5 rings (SSSR count). The summed E-state index contributed by atoms with van der Waals surface area (Å²) in [7, 11) is -3.82. The van der Waals surface area contributed by atoms with Gasteiger partial charge in [-0.2, -0.15) is 0 Å². The lowest BCUT2D eigenvalue weighted by Gasteiger charge is -2.16. The first-order valence-electron chi connectivity index (χ1n) is 13.4. The largest absolute Gasteiger partial charge is 0.506 e. The second kappa shape index (κ2) is 12.3. The second-order valence-corrected chi connectivity index (χ2v) is 12.3. The first kappa shape index (κ1) is 29.8. The summed E-state index contributed by atoms with van der Waals surface area (Å²) in [5.41, 5.74) is 3.22. The molecule has 0 spiro atoms. The molecule has 4 N–H and O–H groups in total. The van der Waals surface area contributed by atoms with Gasteiger partial charge in [-0.3, -0.25) is 9.59 Å². The Bertz CT molecular complexity index is 1920. The molecule has 220 valence electrons. The van der Waals surface area contributed by atoms with E-state index in [1.165, 1.54) is 24.3 Å². The number of aromatic nitrogens is 1. The number of phenols is 1. The van der Waals surface area contributed by atoms with Crippen LogP contribution in [0.25, 0.3) is 16.6 Å². The van der Waals surface area contributed by atoms with Crippen molar-refractivity contribution in [3.63, 3.8) is 0 Å². The summed E-state index contributed by atoms with van der Waals surface area (Å²) in [5.74, 6) is -1.29. The van der Waals surface area contributed by atoms with Gasteiger partial charge in [0.2, 0.25) is 15.9 Å². The van der Waals surface area contributed by atoms with Gasteiger partial charge < -0.3 is 20.3 Å². The third kappa shape index (κ3) is 6.72. The minimum atomic E-state index is -3.82. The van der Waals surface area contributed by atoms with E-state index in [9.17, 15) is 23.1 Å². The summed E-state index contributed by atoms with van der Waals surface area (Å²) in [6.45, 7) is 3.42. The van der Waals surface area contributed by atoms with E-state index in [-0.39, 0.29) is 33.5 Å². The van der Waals surface area contributed by atoms with Gasteiger partial charge in [-0.05, 0) is 50.2 Å². The molecule has 4 aromatic carbocycles. The Morgan fingerprint density at radius 3 is 2.30 bits per heavy atom. The van der Waals surface area contributed by atoms with E-state index in [0.29, 0.717) is 5.56 Å². The van der Waals surface area contributed by atoms with Crippen molar-refractivity contribution in [3.05, 3.63) is 113 Å². The molecule has 11 heteroatoms. The van der Waals surface area contributed by atoms with Gasteiger partial charge in [0.05, 0.1) is 32.4 Å². The normalized spacial score (nSPS) is 12.2. The Morgan fingerprint density at radius 1 is 0.907 bits per heavy atom. The number of amides is 2. The number of nitrogens with zero attached hydrogens (tertiary/aromatic N) is 1. The highest BCUT2D eigenvalue weighted by atomic mass is 35.5. The van der Waals surface area contributed by atoms with E-state index in [2.05, 4.69) is 15.4 Å². The van der Waals surface area contributed by atoms with Gasteiger partial charge in [-0.1, -0.05) is 65.7 Å². The lowest BCUT2D eigenvalue weighted by molar-refractivity contribution is -0.116. The van der Waals surface area contributed by atoms with Crippen molar-refractivity contribution in [2.24, 2.45) is 0 Å². The highest BCUT2D eigenvalue weighted by molar-refractivity contribution is 7.89. The fraction of sp³-hybridized carbons (Fsp3) is 0.125. The second-order valence-electron chi connectivity index (χ2n) is 10.2. The summed E-state index contributed by atoms with van der Waals surface area (Å²) in [6, 6.07) is 25.3. The van der Waals surface area contributed by atoms with Crippen LogP contribution in [0.15, 0.2) is 102 Å². The third-order valence-corrected chi connectivity index (χ3v) is 8.70. The number of sulfonamides is 1. The minimum absolute atomic E-state index is 0.0590. The average Bonchev–Trinajstić information content (AvgIpc) is 3.36. The average molecular weight is 617 g/mol. The fourth-order valence-corrected chi connectivity index (χ4v) is 6.14. The summed E-state index contributed by atoms with van der Waals surface area (Å²) in [6.07, 6.45) is 1.54. The van der Waals surface area contributed by atoms with Gasteiger partial charge in [0, 0.05) is 35.8 Å². The van der Waals surface area contributed by atoms with E-state index < -0.39 is 27.9 Å². The van der Waals surface area contributed by atoms with Crippen molar-refractivity contribution in [3.8, 4) is 11.4 Å². The third-order valence-electron chi connectivity index (χ3n) is 6.78. The summed E-state index contributed by atoms with van der Waals surface area (Å²) in [5, 5.41) is 16.8. The smallest absolute Gasteiger partial charge is 0.257 e. The molecule has 2 amide bonds. The van der Waals surface area contributed by atoms with Crippen LogP contribution < -0.4 is 15.4 Å². The predicted octanol–water partition coefficient (Wildman–Crippen LogP) is 6.25. The SMILES string of the molecule is Cc1ccc(S(=O)(=O)NC(C)CC(=O)Nc2cc(O)c(NC(=O)c3cn(-c4ccccc4)c4ccccc34)cc2Cl)cc1. The van der Waals surface area contributed by atoms with Crippen LogP contribution in [0.4, 0.5) is 11.4 Å². The van der Waals surface area contributed by atoms with Crippen LogP contribution in [0.3, 0.4) is 0 Å². The van der Waals surface area contributed by atoms with Crippen molar-refractivity contribution >= 4 is 55.7 Å². The number of anilines is 2. The maximum absolute atomic E-state index is 13.3. The Kier molecular flexibility index (Phi) is 8.54. The highest BCUT2D eigenvalue weighted by Crippen LogP contribution is 2.35. The first-order valence-corrected chi connectivity index (χ1v) is 15.3. The zero-order valence-electron chi connectivity index (χ0n) is 23.3. The molecule has 0 aliphatic heterocycles. The van der Waals surface area contributed by atoms with E-state index in [1.54, 1.807) is 25.3 Å². The number of benzene rings is 4. The molecule has 0 aliphatic rings. The van der Waals surface area contributed by atoms with Crippen molar-refractivity contribution < 1.29 is 23.1 Å². The standard InChI is InChI=1S/C32H29ClN4O5S/c1-20-12-14-23(15-13-20)43(41,42)36-21(2)16-31(39)34-27-18-30(38)28(17-26(27)33)35-32(40)25-19-37(22-8-4-3-5-9-22)29-11-7-6-10-24(25)29/h3-15,17-19,21,36,38H,16H2,1-2H3,(H,34,39)(H,35,40). The number of fused-ring (bicyclic) bond motifs is 1. The molecule has 0 fully saturated rings. The lowest BCUT2D eigenvalue weighted by Crippen LogP contribution is -2.35. The molecule has 0 aliphatic carbocycles. The Hall–Kier alpha value is -4.64. The van der Waals surface area contributed by atoms with Crippen molar-refractivity contribution in [2.75, 3.05) is 10.6 Å². The number of rotatable bonds is 9. The molecule has 0 radical (unpaired) electrons. The molecule has 0 bridgehead atoms. The number of nitrogens with one attached hydrogen (secondary N) is 3. The predicted molar refractivity (Wildman–Crippen MR) is 169 cm³/mol. The number of carbonyl (C=O) groups excluding carboxylic acids is 2. The molecule has 9 nitrogen and oxygen atoms in total. The topological polar surface area (TPSA) is 130 Å². The molecular formula is C32H29ClN4O5S. The van der Waals surface area contributed by atoms with Crippen LogP contribution in [0.5, 0.6) is 5.75 Å². The number of carbonyl (C=O) groups is 2. The Morgan fingerprint density at radius 2 is 1.58 bits per heavy atom. The van der Waals surface area contributed by atoms with Gasteiger partial charge in [0.25, 0.3) is 5.91 Å². The molecule has 0 saturated carbocycles. The number of aryl methyl sites for hydroxylation is 1. The maximum atomic E-state index is 13.3. The Labute approximate surface area is 254 Å². The van der Waals surface area contributed by atoms with E-state index in [1.807, 2.05) is 66.1 Å². The van der Waals surface area contributed by atoms with Crippen LogP contribution in [-0.4, -0.2) is 35.9 Å². The van der Waals surface area contributed by atoms with Crippen LogP contribution in [0.2, 0.25) is 5.02 Å². The lowest BCUT2D eigenvalue weighted by atomic mass is 10.1. The molecule has 1 unspecified atom stereocenters. The van der Waals surface area contributed by atoms with E-state index >= 15 is 0 Å². The molecule has 1 heterocycles. The van der Waals surface area contributed by atoms with E-state index in [4.69, 9.17) is 11.6 Å². The van der Waals surface area contributed by atoms with Crippen LogP contribution in [-0.2, 0) is 14.8 Å². The number of para-hydroxylation sites is 2. The van der Waals surface area contributed by atoms with Crippen molar-refractivity contribution in [1.29, 1.82) is 0 Å². The number of hydrogen-bond acceptors (Lipinski definition) is 5. The number of hydrogen-bond donors (Lipinski definition) is 4. The molecule has 1 aromatic heterocycles. The number of aromatic hydroxyl groups is 1. The molecule has 1 atom stereocenters. The van der Waals surface area contributed by atoms with Crippen molar-refractivity contribution in [1.82, 2.24) is 9.29 Å². The quantitative estimate of drug-likeness (QED) is 0.146. The first-order chi connectivity index (χ1) is 20.5. The van der Waals surface area contributed by atoms with Gasteiger partial charge >= 0.3 is 0 Å². The van der Waals surface area contributed by atoms with Crippen LogP contribution >= 0.6 is 11.6 Å². The molecular weight excluding hydrogens is 588 g/mol. The molecule has 0 saturated heterocycles. The fourth-order valence-electron chi connectivity index (χ4n) is 4.68. The van der Waals surface area contributed by atoms with Gasteiger partial charge in [0.1, 0.15) is 5.75 Å². The zero-order chi connectivity index (χ0) is 30.7. The van der Waals surface area contributed by atoms with Crippen LogP contribution in [0, 0.1) is 6.92 Å². The van der Waals surface area contributed by atoms with Crippen molar-refractivity contribution in [2.45, 2.75) is 31.2 Å². The van der Waals surface area contributed by atoms with Crippen LogP contribution in [0.1, 0.15) is 29.3 Å². The number of halogens is 1.